The van der Waals surface area contributed by atoms with Gasteiger partial charge in [-0.05, 0) is 6.07 Å². The molecule has 0 atom stereocenters. The van der Waals surface area contributed by atoms with E-state index >= 15 is 0 Å². The molecule has 1 N–H and O–H groups in total. The molecule has 0 unspecified atom stereocenters. The Morgan fingerprint density at radius 3 is 2.64 bits per heavy atom. The summed E-state index contributed by atoms with van der Waals surface area (Å²) in [6, 6.07) is 2.51. The molecule has 0 radical (unpaired) electrons. The number of nitrogens with one attached hydrogen (secondary N) is 1. The van der Waals surface area contributed by atoms with Gasteiger partial charge in [0.1, 0.15) is 5.69 Å². The smallest absolute Gasteiger partial charge is 0.316 e. The lowest BCUT2D eigenvalue weighted by Gasteiger charge is -2.25. The van der Waals surface area contributed by atoms with E-state index in [1.165, 1.54) is 29.4 Å². The van der Waals surface area contributed by atoms with Crippen LogP contribution in [-0.4, -0.2) is 38.7 Å². The Morgan fingerprint density at radius 2 is 2.04 bits per heavy atom. The predicted molar refractivity (Wildman–Crippen MR) is 92.1 cm³/mol. The number of fused-ring (bicyclic) bond motifs is 1. The molecule has 1 aliphatic heterocycles. The summed E-state index contributed by atoms with van der Waals surface area (Å²) in [4.78, 5) is 41.2. The minimum absolute atomic E-state index is 0.0327. The fraction of sp³-hybridized carbons (Fsp3) is 0.214. The van der Waals surface area contributed by atoms with E-state index < -0.39 is 32.7 Å². The number of aromatic amines is 1. The summed E-state index contributed by atoms with van der Waals surface area (Å²) in [5, 5.41) is 11.4. The molecule has 146 valence electrons. The first kappa shape index (κ1) is 18.0. The number of rotatable bonds is 5. The highest BCUT2D eigenvalue weighted by Crippen LogP contribution is 2.28. The van der Waals surface area contributed by atoms with Crippen molar-refractivity contribution < 1.29 is 21.7 Å². The monoisotopic (exact) mass is 409 g/mol. The summed E-state index contributed by atoms with van der Waals surface area (Å²) in [7, 11) is -3.99. The van der Waals surface area contributed by atoms with Crippen molar-refractivity contribution in [2.24, 2.45) is 0 Å². The van der Waals surface area contributed by atoms with Gasteiger partial charge < -0.3 is 14.1 Å². The Hall–Kier alpha value is -3.36. The van der Waals surface area contributed by atoms with Crippen LogP contribution < -0.4 is 11.1 Å². The first-order chi connectivity index (χ1) is 13.2. The normalized spacial score (nSPS) is 16.1. The average molecular weight is 409 g/mol. The third kappa shape index (κ3) is 3.08. The van der Waals surface area contributed by atoms with Crippen LogP contribution in [0, 0.1) is 10.1 Å². The number of benzene rings is 1. The number of nitro benzene ring substituents is 1. The van der Waals surface area contributed by atoms with Crippen LogP contribution in [0.1, 0.15) is 6.42 Å². The molecule has 1 saturated heterocycles. The van der Waals surface area contributed by atoms with Gasteiger partial charge >= 0.3 is 21.5 Å². The maximum absolute atomic E-state index is 12.3. The molecular formula is C14H11N5O8S. The van der Waals surface area contributed by atoms with Crippen LogP contribution in [0.3, 0.4) is 0 Å². The third-order valence-corrected chi connectivity index (χ3v) is 4.99. The van der Waals surface area contributed by atoms with Crippen molar-refractivity contribution in [2.75, 3.05) is 0 Å². The van der Waals surface area contributed by atoms with Gasteiger partial charge in [-0.3, -0.25) is 19.7 Å². The summed E-state index contributed by atoms with van der Waals surface area (Å²) in [5.74, 6) is 0. The SMILES string of the molecule is O=c1[nH]c2cc([N+](=O)[O-])c(-n3ccnc3)cc2n(CCC2OS(=O)(=O)O2)c1=O. The van der Waals surface area contributed by atoms with Crippen LogP contribution in [0.4, 0.5) is 5.69 Å². The first-order valence-electron chi connectivity index (χ1n) is 7.80. The van der Waals surface area contributed by atoms with E-state index in [9.17, 15) is 28.1 Å². The zero-order valence-electron chi connectivity index (χ0n) is 13.8. The largest absolute Gasteiger partial charge is 0.404 e. The van der Waals surface area contributed by atoms with E-state index in [1.807, 2.05) is 0 Å². The van der Waals surface area contributed by atoms with Crippen LogP contribution in [0.5, 0.6) is 0 Å². The second-order valence-corrected chi connectivity index (χ2v) is 7.02. The van der Waals surface area contributed by atoms with Crippen LogP contribution >= 0.6 is 0 Å². The minimum atomic E-state index is -3.99. The van der Waals surface area contributed by atoms with Crippen LogP contribution in [-0.2, 0) is 25.3 Å². The third-order valence-electron chi connectivity index (χ3n) is 4.09. The molecule has 0 amide bonds. The highest BCUT2D eigenvalue weighted by atomic mass is 32.3. The van der Waals surface area contributed by atoms with Gasteiger partial charge in [-0.25, -0.2) is 13.4 Å². The molecular weight excluding hydrogens is 398 g/mol. The quantitative estimate of drug-likeness (QED) is 0.340. The van der Waals surface area contributed by atoms with Crippen molar-refractivity contribution in [1.29, 1.82) is 0 Å². The van der Waals surface area contributed by atoms with Crippen molar-refractivity contribution in [3.05, 3.63) is 61.7 Å². The molecule has 28 heavy (non-hydrogen) atoms. The van der Waals surface area contributed by atoms with E-state index in [-0.39, 0.29) is 35.4 Å². The molecule has 1 fully saturated rings. The van der Waals surface area contributed by atoms with E-state index in [0.29, 0.717) is 0 Å². The Kier molecular flexibility index (Phi) is 4.10. The number of imidazole rings is 1. The highest BCUT2D eigenvalue weighted by Gasteiger charge is 2.35. The van der Waals surface area contributed by atoms with Gasteiger partial charge in [-0.1, -0.05) is 0 Å². The Morgan fingerprint density at radius 1 is 1.29 bits per heavy atom. The molecule has 4 rings (SSSR count). The first-order valence-corrected chi connectivity index (χ1v) is 9.13. The molecule has 13 nitrogen and oxygen atoms in total. The summed E-state index contributed by atoms with van der Waals surface area (Å²) in [6.45, 7) is -0.110. The Labute approximate surface area is 155 Å². The van der Waals surface area contributed by atoms with Crippen molar-refractivity contribution in [1.82, 2.24) is 19.1 Å². The fourth-order valence-electron chi connectivity index (χ4n) is 2.87. The average Bonchev–Trinajstić information content (AvgIpc) is 3.14. The zero-order valence-corrected chi connectivity index (χ0v) is 14.7. The lowest BCUT2D eigenvalue weighted by molar-refractivity contribution is -0.384. The van der Waals surface area contributed by atoms with Gasteiger partial charge in [0.25, 0.3) is 5.69 Å². The second kappa shape index (κ2) is 6.36. The number of aryl methyl sites for hydroxylation is 1. The molecule has 3 heterocycles. The minimum Gasteiger partial charge on any atom is -0.316 e. The van der Waals surface area contributed by atoms with Crippen LogP contribution in [0.2, 0.25) is 0 Å². The highest BCUT2D eigenvalue weighted by molar-refractivity contribution is 7.82. The van der Waals surface area contributed by atoms with Gasteiger partial charge in [0, 0.05) is 31.4 Å². The maximum atomic E-state index is 12.3. The predicted octanol–water partition coefficient (Wildman–Crippen LogP) is -0.209. The number of nitrogens with zero attached hydrogens (tertiary/aromatic N) is 4. The standard InChI is InChI=1S/C14H11N5O8S/c20-13-14(21)18(3-1-12-26-28(24,25)27-12)9-6-10(17-4-2-15-7-17)11(19(22)23)5-8(9)16-13/h2,4-7,12H,1,3H2,(H,16,20). The van der Waals surface area contributed by atoms with Crippen molar-refractivity contribution >= 4 is 27.1 Å². The molecule has 1 aliphatic rings. The molecule has 2 aromatic heterocycles. The van der Waals surface area contributed by atoms with Gasteiger partial charge in [0.15, 0.2) is 6.29 Å². The maximum Gasteiger partial charge on any atom is 0.404 e. The molecule has 0 aliphatic carbocycles. The van der Waals surface area contributed by atoms with Crippen LogP contribution in [0.15, 0.2) is 40.4 Å². The van der Waals surface area contributed by atoms with E-state index in [4.69, 9.17) is 0 Å². The van der Waals surface area contributed by atoms with Gasteiger partial charge in [-0.15, -0.1) is 0 Å². The second-order valence-electron chi connectivity index (χ2n) is 5.81. The molecule has 0 spiro atoms. The zero-order chi connectivity index (χ0) is 20.1. The van der Waals surface area contributed by atoms with Gasteiger partial charge in [-0.2, -0.15) is 8.42 Å². The van der Waals surface area contributed by atoms with E-state index in [2.05, 4.69) is 18.3 Å². The number of nitro groups is 1. The number of H-pyrrole nitrogens is 1. The van der Waals surface area contributed by atoms with Crippen molar-refractivity contribution in [2.45, 2.75) is 19.3 Å². The lowest BCUT2D eigenvalue weighted by atomic mass is 10.2. The number of hydrogen-bond acceptors (Lipinski definition) is 9. The fourth-order valence-corrected chi connectivity index (χ4v) is 3.61. The summed E-state index contributed by atoms with van der Waals surface area (Å²) >= 11 is 0. The summed E-state index contributed by atoms with van der Waals surface area (Å²) < 4.78 is 33.2. The van der Waals surface area contributed by atoms with Crippen molar-refractivity contribution in [3.8, 4) is 5.69 Å². The Bertz CT molecular complexity index is 1300. The van der Waals surface area contributed by atoms with E-state index in [1.54, 1.807) is 0 Å². The molecule has 1 aromatic carbocycles. The molecule has 0 saturated carbocycles. The molecule has 3 aromatic rings. The van der Waals surface area contributed by atoms with Crippen LogP contribution in [0.25, 0.3) is 16.7 Å². The van der Waals surface area contributed by atoms with Crippen molar-refractivity contribution in [3.63, 3.8) is 0 Å². The molecule has 0 bridgehead atoms. The van der Waals surface area contributed by atoms with E-state index in [0.717, 1.165) is 10.6 Å². The van der Waals surface area contributed by atoms with Gasteiger partial charge in [0.2, 0.25) is 0 Å². The van der Waals surface area contributed by atoms with Gasteiger partial charge in [0.05, 0.1) is 22.3 Å². The lowest BCUT2D eigenvalue weighted by Crippen LogP contribution is -2.40. The number of hydrogen-bond donors (Lipinski definition) is 1. The summed E-state index contributed by atoms with van der Waals surface area (Å²) in [5.41, 5.74) is -1.76. The summed E-state index contributed by atoms with van der Waals surface area (Å²) in [6.07, 6.45) is 3.17. The topological polar surface area (TPSA) is 168 Å². The Balaban J connectivity index is 1.85. The number of aromatic nitrogens is 4. The molecule has 14 heteroatoms.